The molecule has 0 fully saturated rings. The zero-order chi connectivity index (χ0) is 23.9. The van der Waals surface area contributed by atoms with Gasteiger partial charge in [-0.05, 0) is 42.2 Å². The number of carbonyl (C=O) groups is 2. The van der Waals surface area contributed by atoms with E-state index in [1.807, 2.05) is 31.2 Å². The number of hydrogen-bond acceptors (Lipinski definition) is 10. The summed E-state index contributed by atoms with van der Waals surface area (Å²) in [6.45, 7) is 2.15. The van der Waals surface area contributed by atoms with Crippen molar-refractivity contribution in [2.45, 2.75) is 23.0 Å². The van der Waals surface area contributed by atoms with E-state index in [2.05, 4.69) is 47.0 Å². The molecule has 0 bridgehead atoms. The molecule has 0 radical (unpaired) electrons. The van der Waals surface area contributed by atoms with Crippen LogP contribution < -0.4 is 10.6 Å². The van der Waals surface area contributed by atoms with Crippen molar-refractivity contribution in [1.82, 2.24) is 30.3 Å². The van der Waals surface area contributed by atoms with E-state index in [9.17, 15) is 9.59 Å². The molecular weight excluding hydrogens is 562 g/mol. The maximum absolute atomic E-state index is 12.5. The molecule has 14 heteroatoms. The molecule has 0 aliphatic carbocycles. The van der Waals surface area contributed by atoms with E-state index < -0.39 is 0 Å². The van der Waals surface area contributed by atoms with Crippen LogP contribution in [0.4, 0.5) is 5.13 Å². The Balaban J connectivity index is 1.46. The molecule has 0 saturated carbocycles. The van der Waals surface area contributed by atoms with E-state index in [-0.39, 0.29) is 29.9 Å². The lowest BCUT2D eigenvalue weighted by molar-refractivity contribution is -0.113. The molecule has 0 saturated heterocycles. The van der Waals surface area contributed by atoms with Gasteiger partial charge in [0, 0.05) is 10.2 Å². The summed E-state index contributed by atoms with van der Waals surface area (Å²) >= 11 is 7.57. The van der Waals surface area contributed by atoms with Gasteiger partial charge in [-0.15, -0.1) is 20.4 Å². The summed E-state index contributed by atoms with van der Waals surface area (Å²) in [5, 5.41) is 23.0. The van der Waals surface area contributed by atoms with E-state index in [0.717, 1.165) is 20.3 Å². The largest absolute Gasteiger partial charge is 0.459 e. The number of thioether (sulfide) groups is 2. The third-order valence-electron chi connectivity index (χ3n) is 4.19. The SMILES string of the molecule is CCSc1nnc(NC(=O)CSc2nnc(CNC(=O)c3ccco3)n2-c2ccc(Br)cc2)s1. The third kappa shape index (κ3) is 6.25. The molecule has 0 aliphatic heterocycles. The number of halogens is 1. The van der Waals surface area contributed by atoms with Crippen LogP contribution in [-0.2, 0) is 11.3 Å². The molecule has 1 aromatic carbocycles. The summed E-state index contributed by atoms with van der Waals surface area (Å²) in [6, 6.07) is 10.8. The first-order chi connectivity index (χ1) is 16.5. The monoisotopic (exact) mass is 579 g/mol. The molecule has 0 unspecified atom stereocenters. The molecule has 3 heterocycles. The molecule has 10 nitrogen and oxygen atoms in total. The van der Waals surface area contributed by atoms with Gasteiger partial charge in [0.2, 0.25) is 11.0 Å². The highest BCUT2D eigenvalue weighted by molar-refractivity contribution is 9.10. The van der Waals surface area contributed by atoms with Crippen LogP contribution in [-0.4, -0.2) is 48.3 Å². The molecule has 2 amide bonds. The van der Waals surface area contributed by atoms with Crippen LogP contribution in [0, 0.1) is 0 Å². The molecule has 4 rings (SSSR count). The maximum atomic E-state index is 12.5. The third-order valence-corrected chi connectivity index (χ3v) is 7.50. The van der Waals surface area contributed by atoms with Crippen LogP contribution in [0.1, 0.15) is 23.3 Å². The lowest BCUT2D eigenvalue weighted by Crippen LogP contribution is -2.24. The zero-order valence-electron chi connectivity index (χ0n) is 17.7. The molecule has 3 aromatic heterocycles. The Morgan fingerprint density at radius 3 is 2.68 bits per heavy atom. The number of rotatable bonds is 10. The van der Waals surface area contributed by atoms with Gasteiger partial charge in [0.25, 0.3) is 5.91 Å². The topological polar surface area (TPSA) is 128 Å². The van der Waals surface area contributed by atoms with Gasteiger partial charge in [-0.25, -0.2) is 0 Å². The Hall–Kier alpha value is -2.68. The van der Waals surface area contributed by atoms with Crippen molar-refractivity contribution >= 4 is 67.7 Å². The molecule has 2 N–H and O–H groups in total. The molecule has 176 valence electrons. The second-order valence-electron chi connectivity index (χ2n) is 6.51. The van der Waals surface area contributed by atoms with Gasteiger partial charge in [0.05, 0.1) is 18.6 Å². The predicted molar refractivity (Wildman–Crippen MR) is 135 cm³/mol. The Morgan fingerprint density at radius 2 is 1.94 bits per heavy atom. The normalized spacial score (nSPS) is 10.9. The first-order valence-electron chi connectivity index (χ1n) is 9.94. The minimum Gasteiger partial charge on any atom is -0.459 e. The second-order valence-corrected chi connectivity index (χ2v) is 10.9. The molecule has 0 spiro atoms. The number of anilines is 1. The van der Waals surface area contributed by atoms with Gasteiger partial charge in [-0.2, -0.15) is 0 Å². The lowest BCUT2D eigenvalue weighted by Gasteiger charge is -2.11. The number of nitrogens with zero attached hydrogens (tertiary/aromatic N) is 5. The van der Waals surface area contributed by atoms with E-state index in [1.165, 1.54) is 29.4 Å². The molecule has 4 aromatic rings. The highest BCUT2D eigenvalue weighted by Crippen LogP contribution is 2.26. The fourth-order valence-corrected chi connectivity index (χ4v) is 5.44. The van der Waals surface area contributed by atoms with Gasteiger partial charge in [0.15, 0.2) is 21.1 Å². The van der Waals surface area contributed by atoms with Crippen molar-refractivity contribution in [2.75, 3.05) is 16.8 Å². The fourth-order valence-electron chi connectivity index (χ4n) is 2.74. The van der Waals surface area contributed by atoms with Crippen LogP contribution >= 0.6 is 50.8 Å². The first kappa shape index (κ1) is 24.4. The maximum Gasteiger partial charge on any atom is 0.287 e. The van der Waals surface area contributed by atoms with Crippen molar-refractivity contribution in [3.63, 3.8) is 0 Å². The Bertz CT molecular complexity index is 1260. The summed E-state index contributed by atoms with van der Waals surface area (Å²) in [6.07, 6.45) is 1.43. The van der Waals surface area contributed by atoms with E-state index in [0.29, 0.717) is 16.1 Å². The molecular formula is C20H18BrN7O3S3. The summed E-state index contributed by atoms with van der Waals surface area (Å²) < 4.78 is 8.65. The number of aromatic nitrogens is 5. The Morgan fingerprint density at radius 1 is 1.12 bits per heavy atom. The van der Waals surface area contributed by atoms with Crippen LogP contribution in [0.2, 0.25) is 0 Å². The van der Waals surface area contributed by atoms with Gasteiger partial charge < -0.3 is 9.73 Å². The summed E-state index contributed by atoms with van der Waals surface area (Å²) in [5.74, 6) is 1.11. The summed E-state index contributed by atoms with van der Waals surface area (Å²) in [7, 11) is 0. The van der Waals surface area contributed by atoms with E-state index in [1.54, 1.807) is 28.5 Å². The number of amides is 2. The van der Waals surface area contributed by atoms with Crippen molar-refractivity contribution in [3.05, 3.63) is 58.7 Å². The number of hydrogen-bond donors (Lipinski definition) is 2. The molecule has 0 atom stereocenters. The van der Waals surface area contributed by atoms with E-state index in [4.69, 9.17) is 4.42 Å². The van der Waals surface area contributed by atoms with Crippen LogP contribution in [0.25, 0.3) is 5.69 Å². The lowest BCUT2D eigenvalue weighted by atomic mass is 10.3. The highest BCUT2D eigenvalue weighted by atomic mass is 79.9. The van der Waals surface area contributed by atoms with Gasteiger partial charge in [-0.1, -0.05) is 57.7 Å². The minimum absolute atomic E-state index is 0.100. The van der Waals surface area contributed by atoms with Gasteiger partial charge in [-0.3, -0.25) is 19.5 Å². The minimum atomic E-state index is -0.360. The first-order valence-corrected chi connectivity index (χ1v) is 13.5. The Labute approximate surface area is 215 Å². The molecule has 34 heavy (non-hydrogen) atoms. The van der Waals surface area contributed by atoms with Crippen LogP contribution in [0.15, 0.2) is 61.0 Å². The smallest absolute Gasteiger partial charge is 0.287 e. The fraction of sp³-hybridized carbons (Fsp3) is 0.200. The summed E-state index contributed by atoms with van der Waals surface area (Å²) in [4.78, 5) is 24.7. The average Bonchev–Trinajstić information content (AvgIpc) is 3.59. The number of carbonyl (C=O) groups excluding carboxylic acids is 2. The van der Waals surface area contributed by atoms with Gasteiger partial charge >= 0.3 is 0 Å². The summed E-state index contributed by atoms with van der Waals surface area (Å²) in [5.41, 5.74) is 0.795. The molecule has 0 aliphatic rings. The van der Waals surface area contributed by atoms with Crippen molar-refractivity contribution in [2.24, 2.45) is 0 Å². The number of benzene rings is 1. The standard InChI is InChI=1S/C20H18BrN7O3S3/c1-2-32-20-27-25-18(34-20)23-16(29)11-33-19-26-24-15(10-22-17(30)14-4-3-9-31-14)28(19)13-7-5-12(21)6-8-13/h3-9H,2,10-11H2,1H3,(H,22,30)(H,23,25,29). The quantitative estimate of drug-likeness (QED) is 0.209. The zero-order valence-corrected chi connectivity index (χ0v) is 21.8. The van der Waals surface area contributed by atoms with E-state index >= 15 is 0 Å². The van der Waals surface area contributed by atoms with Gasteiger partial charge in [0.1, 0.15) is 0 Å². The van der Waals surface area contributed by atoms with Crippen molar-refractivity contribution in [1.29, 1.82) is 0 Å². The predicted octanol–water partition coefficient (Wildman–Crippen LogP) is 4.25. The second kappa shape index (κ2) is 11.6. The number of furan rings is 1. The van der Waals surface area contributed by atoms with Crippen LogP contribution in [0.5, 0.6) is 0 Å². The van der Waals surface area contributed by atoms with Crippen LogP contribution in [0.3, 0.4) is 0 Å². The number of nitrogens with one attached hydrogen (secondary N) is 2. The Kier molecular flexibility index (Phi) is 8.37. The highest BCUT2D eigenvalue weighted by Gasteiger charge is 2.18. The van der Waals surface area contributed by atoms with Crippen molar-refractivity contribution in [3.8, 4) is 5.69 Å². The van der Waals surface area contributed by atoms with Crippen molar-refractivity contribution < 1.29 is 14.0 Å². The average molecular weight is 581 g/mol.